The molecule has 2 heterocycles. The van der Waals surface area contributed by atoms with Crippen molar-refractivity contribution in [2.24, 2.45) is 0 Å². The maximum atomic E-state index is 11.9. The van der Waals surface area contributed by atoms with E-state index in [0.29, 0.717) is 24.3 Å². The monoisotopic (exact) mass is 265 g/mol. The second-order valence-corrected chi connectivity index (χ2v) is 5.39. The van der Waals surface area contributed by atoms with Crippen LogP contribution in [-0.4, -0.2) is 26.5 Å². The van der Waals surface area contributed by atoms with Crippen molar-refractivity contribution in [2.45, 2.75) is 39.5 Å². The minimum Gasteiger partial charge on any atom is -0.444 e. The largest absolute Gasteiger partial charge is 0.444 e. The van der Waals surface area contributed by atoms with Gasteiger partial charge in [-0.05, 0) is 20.8 Å². The summed E-state index contributed by atoms with van der Waals surface area (Å²) in [6, 6.07) is 1.45. The molecule has 7 heteroatoms. The van der Waals surface area contributed by atoms with E-state index in [1.54, 1.807) is 20.8 Å². The van der Waals surface area contributed by atoms with Gasteiger partial charge in [0, 0.05) is 11.6 Å². The molecule has 0 fully saturated rings. The van der Waals surface area contributed by atoms with Crippen LogP contribution in [0.2, 0.25) is 0 Å². The van der Waals surface area contributed by atoms with Crippen LogP contribution in [0.5, 0.6) is 0 Å². The fourth-order valence-corrected chi connectivity index (χ4v) is 1.80. The highest BCUT2D eigenvalue weighted by molar-refractivity contribution is 5.69. The number of rotatable bonds is 1. The lowest BCUT2D eigenvalue weighted by Gasteiger charge is -2.23. The Hall–Kier alpha value is -2.18. The van der Waals surface area contributed by atoms with Crippen molar-refractivity contribution in [3.8, 4) is 0 Å². The van der Waals surface area contributed by atoms with Gasteiger partial charge >= 0.3 is 6.09 Å². The Bertz CT molecular complexity index is 536. The van der Waals surface area contributed by atoms with Gasteiger partial charge in [0.15, 0.2) is 0 Å². The lowest BCUT2D eigenvalue weighted by atomic mass is 10.2. The average Bonchev–Trinajstić information content (AvgIpc) is 2.68. The van der Waals surface area contributed by atoms with Crippen LogP contribution in [-0.2, 0) is 17.8 Å². The summed E-state index contributed by atoms with van der Waals surface area (Å²) in [4.78, 5) is 27.6. The number of nitrogens with zero attached hydrogens (tertiary/aromatic N) is 3. The predicted molar refractivity (Wildman–Crippen MR) is 66.4 cm³/mol. The zero-order valence-corrected chi connectivity index (χ0v) is 11.0. The Morgan fingerprint density at radius 3 is 2.74 bits per heavy atom. The van der Waals surface area contributed by atoms with E-state index in [2.05, 4.69) is 4.98 Å². The van der Waals surface area contributed by atoms with Crippen LogP contribution in [0.25, 0.3) is 0 Å². The Morgan fingerprint density at radius 1 is 1.47 bits per heavy atom. The van der Waals surface area contributed by atoms with E-state index in [0.717, 1.165) is 0 Å². The van der Waals surface area contributed by atoms with Gasteiger partial charge in [0.05, 0.1) is 23.7 Å². The molecule has 0 N–H and O–H groups in total. The van der Waals surface area contributed by atoms with Gasteiger partial charge in [-0.2, -0.15) is 0 Å². The topological polar surface area (TPSA) is 85.6 Å². The van der Waals surface area contributed by atoms with Gasteiger partial charge in [-0.1, -0.05) is 0 Å². The average molecular weight is 265 g/mol. The molecule has 1 amide bonds. The molecule has 0 unspecified atom stereocenters. The Kier molecular flexibility index (Phi) is 3.13. The number of ether oxygens (including phenoxy) is 1. The summed E-state index contributed by atoms with van der Waals surface area (Å²) in [6.45, 7) is 5.98. The molecule has 0 bridgehead atoms. The molecule has 102 valence electrons. The smallest absolute Gasteiger partial charge is 0.410 e. The second-order valence-electron chi connectivity index (χ2n) is 5.39. The fraction of sp³-hybridized carbons (Fsp3) is 0.500. The number of nitro groups is 1. The number of fused-ring (bicyclic) bond motifs is 1. The number of carbonyl (C=O) groups is 1. The third-order valence-corrected chi connectivity index (χ3v) is 2.61. The molecular weight excluding hydrogens is 250 g/mol. The summed E-state index contributed by atoms with van der Waals surface area (Å²) < 4.78 is 5.26. The van der Waals surface area contributed by atoms with Gasteiger partial charge < -0.3 is 4.74 Å². The molecule has 0 spiro atoms. The summed E-state index contributed by atoms with van der Waals surface area (Å²) in [5.74, 6) is 0. The van der Waals surface area contributed by atoms with Gasteiger partial charge in [-0.25, -0.2) is 4.79 Å². The van der Waals surface area contributed by atoms with Crippen LogP contribution >= 0.6 is 0 Å². The molecule has 0 atom stereocenters. The minimum atomic E-state index is -0.564. The second kappa shape index (κ2) is 4.49. The highest BCUT2D eigenvalue weighted by Crippen LogP contribution is 2.25. The zero-order chi connectivity index (χ0) is 14.2. The maximum absolute atomic E-state index is 11.9. The third kappa shape index (κ3) is 2.98. The summed E-state index contributed by atoms with van der Waals surface area (Å²) in [5.41, 5.74) is 0.743. The number of hydrogen-bond donors (Lipinski definition) is 0. The fourth-order valence-electron chi connectivity index (χ4n) is 1.80. The lowest BCUT2D eigenvalue weighted by Crippen LogP contribution is -2.33. The van der Waals surface area contributed by atoms with Crippen LogP contribution in [0, 0.1) is 10.1 Å². The first-order valence-corrected chi connectivity index (χ1v) is 5.86. The summed E-state index contributed by atoms with van der Waals surface area (Å²) >= 11 is 0. The molecule has 19 heavy (non-hydrogen) atoms. The molecule has 7 nitrogen and oxygen atoms in total. The van der Waals surface area contributed by atoms with Gasteiger partial charge in [0.1, 0.15) is 11.8 Å². The van der Waals surface area contributed by atoms with Crippen molar-refractivity contribution in [3.63, 3.8) is 0 Å². The van der Waals surface area contributed by atoms with Gasteiger partial charge in [0.25, 0.3) is 5.69 Å². The van der Waals surface area contributed by atoms with Gasteiger partial charge in [-0.3, -0.25) is 20.0 Å². The Balaban J connectivity index is 2.12. The first-order valence-electron chi connectivity index (χ1n) is 5.86. The number of pyridine rings is 1. The Morgan fingerprint density at radius 2 is 2.16 bits per heavy atom. The Labute approximate surface area is 110 Å². The first kappa shape index (κ1) is 13.3. The maximum Gasteiger partial charge on any atom is 0.410 e. The zero-order valence-electron chi connectivity index (χ0n) is 11.0. The number of carbonyl (C=O) groups excluding carboxylic acids is 1. The third-order valence-electron chi connectivity index (χ3n) is 2.61. The van der Waals surface area contributed by atoms with Crippen molar-refractivity contribution in [1.29, 1.82) is 0 Å². The number of aromatic nitrogens is 1. The molecule has 2 rings (SSSR count). The molecule has 0 aromatic carbocycles. The van der Waals surface area contributed by atoms with Crippen molar-refractivity contribution in [1.82, 2.24) is 9.88 Å². The predicted octanol–water partition coefficient (Wildman–Crippen LogP) is 2.24. The summed E-state index contributed by atoms with van der Waals surface area (Å²) in [5, 5.41) is 10.7. The summed E-state index contributed by atoms with van der Waals surface area (Å²) in [7, 11) is 0. The van der Waals surface area contributed by atoms with E-state index in [1.165, 1.54) is 17.2 Å². The lowest BCUT2D eigenvalue weighted by molar-refractivity contribution is -0.385. The normalized spacial score (nSPS) is 14.2. The highest BCUT2D eigenvalue weighted by atomic mass is 16.6. The number of hydrogen-bond acceptors (Lipinski definition) is 5. The van der Waals surface area contributed by atoms with Crippen molar-refractivity contribution < 1.29 is 14.5 Å². The molecule has 1 aromatic heterocycles. The van der Waals surface area contributed by atoms with E-state index >= 15 is 0 Å². The van der Waals surface area contributed by atoms with E-state index in [9.17, 15) is 14.9 Å². The van der Waals surface area contributed by atoms with Crippen LogP contribution in [0.15, 0.2) is 12.3 Å². The SMILES string of the molecule is CC(C)(C)OC(=O)N1Cc2cc([N+](=O)[O-])cnc2C1. The molecule has 1 aliphatic heterocycles. The van der Waals surface area contributed by atoms with E-state index in [4.69, 9.17) is 4.74 Å². The van der Waals surface area contributed by atoms with E-state index in [1.807, 2.05) is 0 Å². The molecule has 0 saturated heterocycles. The standard InChI is InChI=1S/C12H15N3O4/c1-12(2,3)19-11(16)14-6-8-4-9(15(17)18)5-13-10(8)7-14/h4-5H,6-7H2,1-3H3. The summed E-state index contributed by atoms with van der Waals surface area (Å²) in [6.07, 6.45) is 0.769. The van der Waals surface area contributed by atoms with Crippen LogP contribution in [0.4, 0.5) is 10.5 Å². The molecule has 0 saturated carbocycles. The van der Waals surface area contributed by atoms with E-state index in [-0.39, 0.29) is 5.69 Å². The first-order chi connectivity index (χ1) is 8.76. The van der Waals surface area contributed by atoms with Gasteiger partial charge in [-0.15, -0.1) is 0 Å². The van der Waals surface area contributed by atoms with E-state index < -0.39 is 16.6 Å². The van der Waals surface area contributed by atoms with Gasteiger partial charge in [0.2, 0.25) is 0 Å². The van der Waals surface area contributed by atoms with Crippen LogP contribution in [0.1, 0.15) is 32.0 Å². The van der Waals surface area contributed by atoms with Crippen molar-refractivity contribution in [2.75, 3.05) is 0 Å². The minimum absolute atomic E-state index is 0.0650. The van der Waals surface area contributed by atoms with Crippen LogP contribution in [0.3, 0.4) is 0 Å². The quantitative estimate of drug-likeness (QED) is 0.574. The van der Waals surface area contributed by atoms with Crippen molar-refractivity contribution >= 4 is 11.8 Å². The molecular formula is C12H15N3O4. The van der Waals surface area contributed by atoms with Crippen LogP contribution < -0.4 is 0 Å². The number of amides is 1. The molecule has 1 aromatic rings. The van der Waals surface area contributed by atoms with Crippen molar-refractivity contribution in [3.05, 3.63) is 33.6 Å². The highest BCUT2D eigenvalue weighted by Gasteiger charge is 2.29. The molecule has 0 aliphatic carbocycles. The molecule has 0 radical (unpaired) electrons. The molecule has 1 aliphatic rings.